The molecule has 2 aromatic heterocycles. The molecule has 1 aliphatic carbocycles. The lowest BCUT2D eigenvalue weighted by Crippen LogP contribution is -2.39. The molecule has 7 heteroatoms. The lowest BCUT2D eigenvalue weighted by atomic mass is 9.93. The van der Waals surface area contributed by atoms with Crippen LogP contribution in [0.4, 0.5) is 0 Å². The van der Waals surface area contributed by atoms with Gasteiger partial charge in [0.05, 0.1) is 11.8 Å². The van der Waals surface area contributed by atoms with Crippen molar-refractivity contribution in [2.45, 2.75) is 37.8 Å². The predicted molar refractivity (Wildman–Crippen MR) is 83.2 cm³/mol. The number of nitrogens with zero attached hydrogens (tertiary/aromatic N) is 2. The van der Waals surface area contributed by atoms with Crippen molar-refractivity contribution in [2.75, 3.05) is 0 Å². The van der Waals surface area contributed by atoms with Crippen LogP contribution in [0.25, 0.3) is 0 Å². The van der Waals surface area contributed by atoms with Crippen LogP contribution in [-0.2, 0) is 0 Å². The van der Waals surface area contributed by atoms with Crippen molar-refractivity contribution in [3.8, 4) is 5.88 Å². The summed E-state index contributed by atoms with van der Waals surface area (Å²) in [6, 6.07) is 2.99. The van der Waals surface area contributed by atoms with Gasteiger partial charge in [0.2, 0.25) is 11.4 Å². The van der Waals surface area contributed by atoms with Crippen LogP contribution < -0.4 is 15.6 Å². The molecule has 3 rings (SSSR count). The molecular formula is C16H18N4O3. The number of pyridine rings is 1. The van der Waals surface area contributed by atoms with Crippen molar-refractivity contribution in [2.24, 2.45) is 0 Å². The number of amides is 1. The third kappa shape index (κ3) is 4.15. The molecule has 0 bridgehead atoms. The van der Waals surface area contributed by atoms with Gasteiger partial charge in [-0.05, 0) is 31.7 Å². The third-order valence-electron chi connectivity index (χ3n) is 3.88. The molecule has 0 aliphatic heterocycles. The van der Waals surface area contributed by atoms with E-state index in [0.29, 0.717) is 11.4 Å². The number of H-pyrrole nitrogens is 1. The van der Waals surface area contributed by atoms with Gasteiger partial charge in [0.1, 0.15) is 6.10 Å². The van der Waals surface area contributed by atoms with Gasteiger partial charge in [0.25, 0.3) is 5.91 Å². The van der Waals surface area contributed by atoms with Gasteiger partial charge >= 0.3 is 0 Å². The number of hydrogen-bond donors (Lipinski definition) is 2. The van der Waals surface area contributed by atoms with Gasteiger partial charge in [-0.3, -0.25) is 14.6 Å². The number of aromatic amines is 1. The molecule has 0 saturated heterocycles. The van der Waals surface area contributed by atoms with Gasteiger partial charge in [0.15, 0.2) is 0 Å². The van der Waals surface area contributed by atoms with E-state index >= 15 is 0 Å². The molecule has 0 spiro atoms. The SMILES string of the molecule is O=C(NC1CCC(Oc2cnccn2)CC1)c1ccc(=O)[nH]c1. The Kier molecular flexibility index (Phi) is 4.65. The summed E-state index contributed by atoms with van der Waals surface area (Å²) in [5, 5.41) is 2.99. The predicted octanol–water partition coefficient (Wildman–Crippen LogP) is 1.28. The second-order valence-corrected chi connectivity index (χ2v) is 5.55. The molecule has 1 amide bonds. The average molecular weight is 314 g/mol. The van der Waals surface area contributed by atoms with E-state index in [0.717, 1.165) is 25.7 Å². The molecule has 0 atom stereocenters. The average Bonchev–Trinajstić information content (AvgIpc) is 2.58. The zero-order valence-electron chi connectivity index (χ0n) is 12.6. The van der Waals surface area contributed by atoms with Crippen LogP contribution in [0.3, 0.4) is 0 Å². The first-order chi connectivity index (χ1) is 11.2. The topological polar surface area (TPSA) is 97.0 Å². The van der Waals surface area contributed by atoms with Crippen LogP contribution in [-0.4, -0.2) is 33.0 Å². The van der Waals surface area contributed by atoms with E-state index in [2.05, 4.69) is 20.3 Å². The van der Waals surface area contributed by atoms with Gasteiger partial charge in [-0.25, -0.2) is 4.98 Å². The van der Waals surface area contributed by atoms with Crippen molar-refractivity contribution in [3.05, 3.63) is 52.8 Å². The summed E-state index contributed by atoms with van der Waals surface area (Å²) >= 11 is 0. The highest BCUT2D eigenvalue weighted by Gasteiger charge is 2.24. The van der Waals surface area contributed by atoms with E-state index < -0.39 is 0 Å². The lowest BCUT2D eigenvalue weighted by molar-refractivity contribution is 0.0889. The van der Waals surface area contributed by atoms with Gasteiger partial charge < -0.3 is 15.0 Å². The Labute approximate surface area is 133 Å². The van der Waals surface area contributed by atoms with Gasteiger partial charge in [0, 0.05) is 30.7 Å². The first-order valence-corrected chi connectivity index (χ1v) is 7.63. The fourth-order valence-corrected chi connectivity index (χ4v) is 2.66. The Morgan fingerprint density at radius 2 is 2.04 bits per heavy atom. The van der Waals surface area contributed by atoms with E-state index in [9.17, 15) is 9.59 Å². The highest BCUT2D eigenvalue weighted by molar-refractivity contribution is 5.93. The van der Waals surface area contributed by atoms with Crippen LogP contribution in [0.5, 0.6) is 5.88 Å². The molecule has 23 heavy (non-hydrogen) atoms. The second kappa shape index (κ2) is 7.04. The van der Waals surface area contributed by atoms with Crippen LogP contribution in [0.2, 0.25) is 0 Å². The summed E-state index contributed by atoms with van der Waals surface area (Å²) in [4.78, 5) is 33.7. The maximum atomic E-state index is 12.1. The second-order valence-electron chi connectivity index (χ2n) is 5.55. The van der Waals surface area contributed by atoms with Crippen molar-refractivity contribution < 1.29 is 9.53 Å². The van der Waals surface area contributed by atoms with Crippen molar-refractivity contribution in [3.63, 3.8) is 0 Å². The normalized spacial score (nSPS) is 20.7. The number of aromatic nitrogens is 3. The largest absolute Gasteiger partial charge is 0.473 e. The quantitative estimate of drug-likeness (QED) is 0.886. The number of hydrogen-bond acceptors (Lipinski definition) is 5. The highest BCUT2D eigenvalue weighted by atomic mass is 16.5. The number of nitrogens with one attached hydrogen (secondary N) is 2. The third-order valence-corrected chi connectivity index (χ3v) is 3.88. The van der Waals surface area contributed by atoms with E-state index in [1.165, 1.54) is 18.3 Å². The van der Waals surface area contributed by atoms with E-state index in [4.69, 9.17) is 4.74 Å². The number of ether oxygens (including phenoxy) is 1. The zero-order chi connectivity index (χ0) is 16.1. The van der Waals surface area contributed by atoms with Gasteiger partial charge in [-0.15, -0.1) is 0 Å². The molecule has 1 fully saturated rings. The lowest BCUT2D eigenvalue weighted by Gasteiger charge is -2.29. The first kappa shape index (κ1) is 15.2. The van der Waals surface area contributed by atoms with E-state index in [1.54, 1.807) is 18.6 Å². The van der Waals surface area contributed by atoms with Gasteiger partial charge in [-0.1, -0.05) is 0 Å². The Morgan fingerprint density at radius 1 is 1.22 bits per heavy atom. The maximum Gasteiger partial charge on any atom is 0.252 e. The molecule has 1 saturated carbocycles. The fraction of sp³-hybridized carbons (Fsp3) is 0.375. The Morgan fingerprint density at radius 3 is 2.70 bits per heavy atom. The maximum absolute atomic E-state index is 12.1. The standard InChI is InChI=1S/C16H18N4O3/c21-14-6-1-11(9-19-14)16(22)20-12-2-4-13(5-3-12)23-15-10-17-7-8-18-15/h1,6-10,12-13H,2-5H2,(H,19,21)(H,20,22). The summed E-state index contributed by atoms with van der Waals surface area (Å²) in [6.07, 6.45) is 9.75. The summed E-state index contributed by atoms with van der Waals surface area (Å²) in [6.45, 7) is 0. The van der Waals surface area contributed by atoms with Crippen LogP contribution in [0.1, 0.15) is 36.0 Å². The molecule has 2 heterocycles. The molecule has 0 aromatic carbocycles. The minimum Gasteiger partial charge on any atom is -0.473 e. The van der Waals surface area contributed by atoms with Crippen molar-refractivity contribution >= 4 is 5.91 Å². The van der Waals surface area contributed by atoms with E-state index in [1.807, 2.05) is 0 Å². The number of carbonyl (C=O) groups excluding carboxylic acids is 1. The summed E-state index contributed by atoms with van der Waals surface area (Å²) in [7, 11) is 0. The molecule has 7 nitrogen and oxygen atoms in total. The summed E-state index contributed by atoms with van der Waals surface area (Å²) in [5.41, 5.74) is 0.241. The minimum atomic E-state index is -0.219. The van der Waals surface area contributed by atoms with Crippen molar-refractivity contribution in [1.29, 1.82) is 0 Å². The van der Waals surface area contributed by atoms with Crippen LogP contribution in [0.15, 0.2) is 41.7 Å². The van der Waals surface area contributed by atoms with Crippen molar-refractivity contribution in [1.82, 2.24) is 20.3 Å². The zero-order valence-corrected chi connectivity index (χ0v) is 12.6. The molecule has 2 N–H and O–H groups in total. The molecule has 2 aromatic rings. The summed E-state index contributed by atoms with van der Waals surface area (Å²) < 4.78 is 5.78. The fourth-order valence-electron chi connectivity index (χ4n) is 2.66. The Hall–Kier alpha value is -2.70. The van der Waals surface area contributed by atoms with Gasteiger partial charge in [-0.2, -0.15) is 0 Å². The molecule has 1 aliphatic rings. The van der Waals surface area contributed by atoms with E-state index in [-0.39, 0.29) is 23.6 Å². The Bertz CT molecular complexity index is 688. The minimum absolute atomic E-state index is 0.105. The smallest absolute Gasteiger partial charge is 0.252 e. The highest BCUT2D eigenvalue weighted by Crippen LogP contribution is 2.22. The number of carbonyl (C=O) groups is 1. The summed E-state index contributed by atoms with van der Waals surface area (Å²) in [5.74, 6) is 0.368. The van der Waals surface area contributed by atoms with Crippen LogP contribution in [0, 0.1) is 0 Å². The molecule has 120 valence electrons. The molecule has 0 unspecified atom stereocenters. The molecule has 0 radical (unpaired) electrons. The van der Waals surface area contributed by atoms with Crippen LogP contribution >= 0.6 is 0 Å². The molecular weight excluding hydrogens is 296 g/mol. The first-order valence-electron chi connectivity index (χ1n) is 7.63. The number of rotatable bonds is 4. The monoisotopic (exact) mass is 314 g/mol. The Balaban J connectivity index is 1.48.